The van der Waals surface area contributed by atoms with Crippen LogP contribution in [-0.2, 0) is 0 Å². The summed E-state index contributed by atoms with van der Waals surface area (Å²) in [7, 11) is 0. The van der Waals surface area contributed by atoms with Crippen LogP contribution in [-0.4, -0.2) is 11.3 Å². The number of aliphatic hydroxyl groups is 1. The highest BCUT2D eigenvalue weighted by atomic mass is 35.5. The van der Waals surface area contributed by atoms with Crippen LogP contribution in [0.2, 0.25) is 5.02 Å². The lowest BCUT2D eigenvalue weighted by Crippen LogP contribution is -2.08. The van der Waals surface area contributed by atoms with Crippen LogP contribution < -0.4 is 0 Å². The Morgan fingerprint density at radius 3 is 2.53 bits per heavy atom. The first-order valence-corrected chi connectivity index (χ1v) is 5.68. The van der Waals surface area contributed by atoms with E-state index in [2.05, 4.69) is 0 Å². The predicted molar refractivity (Wildman–Crippen MR) is 61.1 cm³/mol. The van der Waals surface area contributed by atoms with E-state index < -0.39 is 18.7 Å². The Morgan fingerprint density at radius 2 is 2.00 bits per heavy atom. The van der Waals surface area contributed by atoms with Crippen LogP contribution >= 0.6 is 11.6 Å². The van der Waals surface area contributed by atoms with Gasteiger partial charge in [0.05, 0.1) is 6.10 Å². The quantitative estimate of drug-likeness (QED) is 0.856. The summed E-state index contributed by atoms with van der Waals surface area (Å²) in [6.45, 7) is 1.79. The number of rotatable bonds is 4. The molecular formula is C12H14ClF3O. The summed E-state index contributed by atoms with van der Waals surface area (Å²) < 4.78 is 35.8. The van der Waals surface area contributed by atoms with Crippen molar-refractivity contribution in [2.75, 3.05) is 0 Å². The third-order valence-corrected chi connectivity index (χ3v) is 2.93. The van der Waals surface area contributed by atoms with Gasteiger partial charge >= 0.3 is 6.18 Å². The molecule has 0 saturated heterocycles. The molecule has 1 nitrogen and oxygen atoms in total. The predicted octanol–water partition coefficient (Wildman–Crippen LogP) is 4.41. The molecule has 0 heterocycles. The van der Waals surface area contributed by atoms with E-state index in [1.165, 1.54) is 0 Å². The molecule has 0 aliphatic rings. The van der Waals surface area contributed by atoms with E-state index in [1.807, 2.05) is 0 Å². The molecule has 0 radical (unpaired) electrons. The fraction of sp³-hybridized carbons (Fsp3) is 0.500. The molecule has 1 N–H and O–H groups in total. The van der Waals surface area contributed by atoms with Gasteiger partial charge in [-0.1, -0.05) is 23.7 Å². The number of aliphatic hydroxyl groups excluding tert-OH is 1. The first-order chi connectivity index (χ1) is 7.79. The normalized spacial score (nSPS) is 13.8. The first-order valence-electron chi connectivity index (χ1n) is 5.30. The fourth-order valence-corrected chi connectivity index (χ4v) is 1.66. The Morgan fingerprint density at radius 1 is 1.35 bits per heavy atom. The van der Waals surface area contributed by atoms with Gasteiger partial charge in [-0.15, -0.1) is 0 Å². The van der Waals surface area contributed by atoms with Crippen molar-refractivity contribution < 1.29 is 18.3 Å². The van der Waals surface area contributed by atoms with Gasteiger partial charge in [-0.2, -0.15) is 13.2 Å². The number of alkyl halides is 3. The molecule has 0 spiro atoms. The lowest BCUT2D eigenvalue weighted by atomic mass is 10.0. The van der Waals surface area contributed by atoms with Crippen LogP contribution in [0.25, 0.3) is 0 Å². The molecule has 1 atom stereocenters. The molecule has 1 aromatic rings. The minimum Gasteiger partial charge on any atom is -0.388 e. The van der Waals surface area contributed by atoms with Crippen LogP contribution in [0.3, 0.4) is 0 Å². The summed E-state index contributed by atoms with van der Waals surface area (Å²) in [5, 5.41) is 10.3. The van der Waals surface area contributed by atoms with Crippen molar-refractivity contribution in [2.24, 2.45) is 0 Å². The van der Waals surface area contributed by atoms with Crippen molar-refractivity contribution in [1.82, 2.24) is 0 Å². The topological polar surface area (TPSA) is 20.2 Å². The largest absolute Gasteiger partial charge is 0.389 e. The summed E-state index contributed by atoms with van der Waals surface area (Å²) in [4.78, 5) is 0. The van der Waals surface area contributed by atoms with Crippen LogP contribution in [0, 0.1) is 6.92 Å². The van der Waals surface area contributed by atoms with Gasteiger partial charge in [-0.05, 0) is 37.0 Å². The van der Waals surface area contributed by atoms with Crippen molar-refractivity contribution in [3.05, 3.63) is 34.3 Å². The number of aryl methyl sites for hydroxylation is 1. The maximum Gasteiger partial charge on any atom is 0.389 e. The highest BCUT2D eigenvalue weighted by Crippen LogP contribution is 2.27. The van der Waals surface area contributed by atoms with Crippen LogP contribution in [0.5, 0.6) is 0 Å². The maximum atomic E-state index is 11.9. The second kappa shape index (κ2) is 5.74. The summed E-state index contributed by atoms with van der Waals surface area (Å²) in [6, 6.07) is 4.97. The highest BCUT2D eigenvalue weighted by Gasteiger charge is 2.26. The van der Waals surface area contributed by atoms with Crippen molar-refractivity contribution in [3.8, 4) is 0 Å². The van der Waals surface area contributed by atoms with E-state index in [-0.39, 0.29) is 12.8 Å². The van der Waals surface area contributed by atoms with Gasteiger partial charge < -0.3 is 5.11 Å². The molecule has 0 bridgehead atoms. The van der Waals surface area contributed by atoms with Crippen molar-refractivity contribution in [1.29, 1.82) is 0 Å². The average Bonchev–Trinajstić information content (AvgIpc) is 2.20. The molecule has 0 saturated carbocycles. The smallest absolute Gasteiger partial charge is 0.388 e. The van der Waals surface area contributed by atoms with E-state index in [0.717, 1.165) is 5.56 Å². The maximum absolute atomic E-state index is 11.9. The second-order valence-electron chi connectivity index (χ2n) is 4.03. The Hall–Kier alpha value is -0.740. The molecule has 1 rings (SSSR count). The zero-order valence-corrected chi connectivity index (χ0v) is 10.1. The van der Waals surface area contributed by atoms with E-state index in [9.17, 15) is 18.3 Å². The molecule has 0 aliphatic heterocycles. The van der Waals surface area contributed by atoms with Gasteiger partial charge in [-0.3, -0.25) is 0 Å². The van der Waals surface area contributed by atoms with Crippen LogP contribution in [0.4, 0.5) is 13.2 Å². The van der Waals surface area contributed by atoms with Gasteiger partial charge in [0, 0.05) is 11.4 Å². The molecule has 0 fully saturated rings. The van der Waals surface area contributed by atoms with Crippen LogP contribution in [0.15, 0.2) is 18.2 Å². The lowest BCUT2D eigenvalue weighted by Gasteiger charge is -2.13. The lowest BCUT2D eigenvalue weighted by molar-refractivity contribution is -0.136. The number of halogens is 4. The van der Waals surface area contributed by atoms with Gasteiger partial charge in [0.1, 0.15) is 0 Å². The zero-order valence-electron chi connectivity index (χ0n) is 9.39. The van der Waals surface area contributed by atoms with Crippen LogP contribution in [0.1, 0.15) is 36.5 Å². The minimum absolute atomic E-state index is 0.0770. The summed E-state index contributed by atoms with van der Waals surface area (Å²) in [6.07, 6.45) is -5.87. The Balaban J connectivity index is 2.52. The molecule has 0 amide bonds. The van der Waals surface area contributed by atoms with Crippen molar-refractivity contribution in [3.63, 3.8) is 0 Å². The van der Waals surface area contributed by atoms with E-state index in [1.54, 1.807) is 25.1 Å². The van der Waals surface area contributed by atoms with Crippen molar-refractivity contribution in [2.45, 2.75) is 38.5 Å². The van der Waals surface area contributed by atoms with Gasteiger partial charge in [0.25, 0.3) is 0 Å². The van der Waals surface area contributed by atoms with E-state index >= 15 is 0 Å². The number of benzene rings is 1. The zero-order chi connectivity index (χ0) is 13.1. The summed E-state index contributed by atoms with van der Waals surface area (Å²) >= 11 is 5.82. The van der Waals surface area contributed by atoms with Gasteiger partial charge in [-0.25, -0.2) is 0 Å². The molecule has 5 heteroatoms. The molecule has 17 heavy (non-hydrogen) atoms. The fourth-order valence-electron chi connectivity index (χ4n) is 1.54. The Kier molecular flexibility index (Phi) is 4.83. The molecule has 96 valence electrons. The average molecular weight is 267 g/mol. The van der Waals surface area contributed by atoms with Gasteiger partial charge in [0.2, 0.25) is 0 Å². The number of hydrogen-bond acceptors (Lipinski definition) is 1. The number of hydrogen-bond donors (Lipinski definition) is 1. The summed E-state index contributed by atoms with van der Waals surface area (Å²) in [5.74, 6) is 0. The Bertz CT molecular complexity index is 377. The first kappa shape index (κ1) is 14.3. The van der Waals surface area contributed by atoms with Crippen molar-refractivity contribution >= 4 is 11.6 Å². The van der Waals surface area contributed by atoms with Gasteiger partial charge in [0.15, 0.2) is 0 Å². The second-order valence-corrected chi connectivity index (χ2v) is 4.44. The SMILES string of the molecule is Cc1cc(C(O)CCCC(F)(F)F)ccc1Cl. The standard InChI is InChI=1S/C12H14ClF3O/c1-8-7-9(4-5-10(8)13)11(17)3-2-6-12(14,15)16/h4-5,7,11,17H,2-3,6H2,1H3. The third-order valence-electron chi connectivity index (χ3n) is 2.50. The van der Waals surface area contributed by atoms with E-state index in [0.29, 0.717) is 10.6 Å². The molecular weight excluding hydrogens is 253 g/mol. The molecule has 1 aromatic carbocycles. The van der Waals surface area contributed by atoms with E-state index in [4.69, 9.17) is 11.6 Å². The minimum atomic E-state index is -4.16. The molecule has 0 aliphatic carbocycles. The third kappa shape index (κ3) is 4.96. The molecule has 0 aromatic heterocycles. The Labute approximate surface area is 103 Å². The molecule has 1 unspecified atom stereocenters. The summed E-state index contributed by atoms with van der Waals surface area (Å²) in [5.41, 5.74) is 1.41. The highest BCUT2D eigenvalue weighted by molar-refractivity contribution is 6.31. The monoisotopic (exact) mass is 266 g/mol.